The van der Waals surface area contributed by atoms with E-state index in [1.165, 1.54) is 18.9 Å². The summed E-state index contributed by atoms with van der Waals surface area (Å²) in [7, 11) is -2.08. The summed E-state index contributed by atoms with van der Waals surface area (Å²) in [6, 6.07) is 1.89. The molecular formula is C31H46F3N3O3S. The molecule has 1 saturated heterocycles. The van der Waals surface area contributed by atoms with E-state index in [1.54, 1.807) is 19.9 Å². The van der Waals surface area contributed by atoms with E-state index in [0.29, 0.717) is 36.7 Å². The molecule has 2 heterocycles. The van der Waals surface area contributed by atoms with Gasteiger partial charge in [0.1, 0.15) is 11.0 Å². The molecule has 1 amide bonds. The van der Waals surface area contributed by atoms with E-state index in [9.17, 15) is 22.2 Å². The van der Waals surface area contributed by atoms with Gasteiger partial charge in [0, 0.05) is 48.3 Å². The molecule has 1 aliphatic carbocycles. The van der Waals surface area contributed by atoms with E-state index in [0.717, 1.165) is 50.5 Å². The molecule has 0 spiro atoms. The summed E-state index contributed by atoms with van der Waals surface area (Å²) in [5, 5.41) is 3.14. The lowest BCUT2D eigenvalue weighted by molar-refractivity contribution is -0.0915. The standard InChI is InChI=1S/C31H46F3N3O3S/c1-7-24(13-14-28(21(3)31(32,33)34)41(39)36-30(5,6)8-2)27-19-26(29(38)35-25-15-17-40-18-16-25)22(4)37(27)20-23-11-9-10-12-23/h7,13-14,19,23,25,36H,8-12,15-18,20H2,1-6H3,(H,35,38)/b14-13-,24-7+,28-21-. The van der Waals surface area contributed by atoms with Crippen molar-refractivity contribution in [1.82, 2.24) is 14.6 Å². The van der Waals surface area contributed by atoms with E-state index in [2.05, 4.69) is 14.6 Å². The zero-order chi connectivity index (χ0) is 30.4. The Labute approximate surface area is 245 Å². The molecule has 0 radical (unpaired) electrons. The van der Waals surface area contributed by atoms with Crippen LogP contribution in [0.5, 0.6) is 0 Å². The number of hydrogen-bond donors (Lipinski definition) is 2. The number of amides is 1. The van der Waals surface area contributed by atoms with Crippen LogP contribution in [-0.4, -0.2) is 45.7 Å². The number of rotatable bonds is 11. The minimum Gasteiger partial charge on any atom is -0.381 e. The van der Waals surface area contributed by atoms with Crippen molar-refractivity contribution >= 4 is 22.5 Å². The van der Waals surface area contributed by atoms with Crippen molar-refractivity contribution in [3.8, 4) is 0 Å². The molecule has 1 unspecified atom stereocenters. The summed E-state index contributed by atoms with van der Waals surface area (Å²) >= 11 is 0. The van der Waals surface area contributed by atoms with Crippen LogP contribution in [0.2, 0.25) is 0 Å². The van der Waals surface area contributed by atoms with Crippen LogP contribution in [0.25, 0.3) is 5.57 Å². The Morgan fingerprint density at radius 2 is 1.78 bits per heavy atom. The predicted molar refractivity (Wildman–Crippen MR) is 160 cm³/mol. The van der Waals surface area contributed by atoms with Gasteiger partial charge in [-0.3, -0.25) is 4.79 Å². The molecule has 10 heteroatoms. The Morgan fingerprint density at radius 1 is 1.15 bits per heavy atom. The smallest absolute Gasteiger partial charge is 0.381 e. The van der Waals surface area contributed by atoms with Crippen molar-refractivity contribution in [2.75, 3.05) is 13.2 Å². The summed E-state index contributed by atoms with van der Waals surface area (Å²) in [5.74, 6) is 0.324. The number of halogens is 3. The van der Waals surface area contributed by atoms with Crippen molar-refractivity contribution in [3.05, 3.63) is 51.7 Å². The summed E-state index contributed by atoms with van der Waals surface area (Å²) in [6.45, 7) is 12.2. The lowest BCUT2D eigenvalue weighted by Gasteiger charge is -2.24. The van der Waals surface area contributed by atoms with Gasteiger partial charge >= 0.3 is 6.18 Å². The molecule has 2 fully saturated rings. The quantitative estimate of drug-likeness (QED) is 0.267. The second-order valence-electron chi connectivity index (χ2n) is 11.8. The Balaban J connectivity index is 2.01. The van der Waals surface area contributed by atoms with E-state index in [1.807, 2.05) is 32.9 Å². The van der Waals surface area contributed by atoms with Gasteiger partial charge in [0.2, 0.25) is 0 Å². The van der Waals surface area contributed by atoms with Crippen LogP contribution in [0.3, 0.4) is 0 Å². The number of allylic oxidation sites excluding steroid dienone is 5. The van der Waals surface area contributed by atoms with Crippen LogP contribution in [-0.2, 0) is 22.3 Å². The van der Waals surface area contributed by atoms with Gasteiger partial charge < -0.3 is 14.6 Å². The number of ether oxygens (including phenoxy) is 1. The fourth-order valence-electron chi connectivity index (χ4n) is 5.24. The molecule has 1 atom stereocenters. The first-order chi connectivity index (χ1) is 19.3. The topological polar surface area (TPSA) is 72.4 Å². The fraction of sp³-hybridized carbons (Fsp3) is 0.645. The number of carbonyl (C=O) groups excluding carboxylic acids is 1. The Bertz CT molecular complexity index is 1190. The van der Waals surface area contributed by atoms with Crippen molar-refractivity contribution in [1.29, 1.82) is 0 Å². The summed E-state index contributed by atoms with van der Waals surface area (Å²) in [4.78, 5) is 13.1. The van der Waals surface area contributed by atoms with Gasteiger partial charge in [0.05, 0.1) is 10.5 Å². The average molecular weight is 598 g/mol. The molecule has 3 rings (SSSR count). The minimum atomic E-state index is -4.63. The van der Waals surface area contributed by atoms with Crippen LogP contribution in [0, 0.1) is 12.8 Å². The highest BCUT2D eigenvalue weighted by molar-refractivity contribution is 7.87. The summed E-state index contributed by atoms with van der Waals surface area (Å²) in [5.41, 5.74) is 1.31. The number of nitrogens with zero attached hydrogens (tertiary/aromatic N) is 1. The highest BCUT2D eigenvalue weighted by atomic mass is 32.2. The second-order valence-corrected chi connectivity index (χ2v) is 13.0. The number of nitrogens with one attached hydrogen (secondary N) is 2. The van der Waals surface area contributed by atoms with Crippen LogP contribution in [0.15, 0.2) is 34.8 Å². The Kier molecular flexibility index (Phi) is 11.7. The lowest BCUT2D eigenvalue weighted by atomic mass is 10.0. The van der Waals surface area contributed by atoms with Crippen molar-refractivity contribution in [2.45, 2.75) is 111 Å². The average Bonchev–Trinajstić information content (AvgIpc) is 3.54. The molecule has 0 aromatic carbocycles. The third kappa shape index (κ3) is 8.91. The maximum Gasteiger partial charge on any atom is 0.413 e. The summed E-state index contributed by atoms with van der Waals surface area (Å²) in [6.07, 6.45) is 6.76. The van der Waals surface area contributed by atoms with Crippen LogP contribution in [0.4, 0.5) is 13.2 Å². The van der Waals surface area contributed by atoms with Gasteiger partial charge in [-0.25, -0.2) is 8.93 Å². The lowest BCUT2D eigenvalue weighted by Crippen LogP contribution is -2.40. The monoisotopic (exact) mass is 597 g/mol. The van der Waals surface area contributed by atoms with E-state index in [4.69, 9.17) is 4.74 Å². The van der Waals surface area contributed by atoms with Gasteiger partial charge in [-0.1, -0.05) is 31.9 Å². The van der Waals surface area contributed by atoms with E-state index >= 15 is 0 Å². The van der Waals surface area contributed by atoms with Crippen molar-refractivity contribution < 1.29 is 26.9 Å². The van der Waals surface area contributed by atoms with Crippen LogP contribution < -0.4 is 10.0 Å². The largest absolute Gasteiger partial charge is 0.413 e. The number of carbonyl (C=O) groups is 1. The molecule has 1 aromatic rings. The third-order valence-electron chi connectivity index (χ3n) is 8.35. The third-order valence-corrected chi connectivity index (χ3v) is 9.93. The molecule has 1 aromatic heterocycles. The first kappa shape index (κ1) is 33.3. The highest BCUT2D eigenvalue weighted by Crippen LogP contribution is 2.33. The molecular weight excluding hydrogens is 551 g/mol. The SMILES string of the molecule is C\C=C(/C=C\C(=C(/C)C(F)(F)F)S(=O)NC(C)(C)CC)c1cc(C(=O)NC2CCOCC2)c(C)n1CC1CCCC1. The van der Waals surface area contributed by atoms with Gasteiger partial charge in [0.15, 0.2) is 0 Å². The zero-order valence-corrected chi connectivity index (χ0v) is 26.1. The zero-order valence-electron chi connectivity index (χ0n) is 25.2. The fourth-order valence-corrected chi connectivity index (χ4v) is 6.59. The number of aromatic nitrogens is 1. The maximum absolute atomic E-state index is 13.8. The molecule has 1 saturated carbocycles. The Morgan fingerprint density at radius 3 is 2.34 bits per heavy atom. The molecule has 41 heavy (non-hydrogen) atoms. The van der Waals surface area contributed by atoms with E-state index < -0.39 is 28.3 Å². The second kappa shape index (κ2) is 14.3. The first-order valence-electron chi connectivity index (χ1n) is 14.7. The van der Waals surface area contributed by atoms with Gasteiger partial charge in [-0.15, -0.1) is 0 Å². The predicted octanol–water partition coefficient (Wildman–Crippen LogP) is 7.13. The Hall–Kier alpha value is -2.17. The molecule has 2 aliphatic rings. The van der Waals surface area contributed by atoms with Crippen LogP contribution >= 0.6 is 0 Å². The van der Waals surface area contributed by atoms with E-state index in [-0.39, 0.29) is 16.9 Å². The number of hydrogen-bond acceptors (Lipinski definition) is 3. The normalized spacial score (nSPS) is 19.6. The van der Waals surface area contributed by atoms with Gasteiger partial charge in [0.25, 0.3) is 5.91 Å². The first-order valence-corrected chi connectivity index (χ1v) is 15.8. The van der Waals surface area contributed by atoms with Gasteiger partial charge in [-0.2, -0.15) is 13.2 Å². The number of alkyl halides is 3. The van der Waals surface area contributed by atoms with Crippen LogP contribution in [0.1, 0.15) is 101 Å². The summed E-state index contributed by atoms with van der Waals surface area (Å²) < 4.78 is 65.0. The molecule has 230 valence electrons. The molecule has 6 nitrogen and oxygen atoms in total. The highest BCUT2D eigenvalue weighted by Gasteiger charge is 2.35. The van der Waals surface area contributed by atoms with Crippen molar-refractivity contribution in [2.24, 2.45) is 5.92 Å². The maximum atomic E-state index is 13.8. The molecule has 1 aliphatic heterocycles. The molecule has 2 N–H and O–H groups in total. The van der Waals surface area contributed by atoms with Gasteiger partial charge in [-0.05, 0) is 90.4 Å². The minimum absolute atomic E-state index is 0.0475. The molecule has 0 bridgehead atoms. The van der Waals surface area contributed by atoms with Crippen molar-refractivity contribution in [3.63, 3.8) is 0 Å².